The number of amides is 1. The molecular weight excluding hydrogens is 286 g/mol. The van der Waals surface area contributed by atoms with Crippen molar-refractivity contribution in [1.82, 2.24) is 0 Å². The molecular formula is C20H27NO2. The van der Waals surface area contributed by atoms with Crippen molar-refractivity contribution in [2.24, 2.45) is 5.73 Å². The maximum atomic E-state index is 11.5. The minimum absolute atomic E-state index is 0.181. The van der Waals surface area contributed by atoms with E-state index in [0.717, 1.165) is 24.0 Å². The van der Waals surface area contributed by atoms with E-state index in [9.17, 15) is 4.79 Å². The number of carbonyl (C=O) groups excluding carboxylic acids is 1. The number of hydrogen-bond acceptors (Lipinski definition) is 2. The molecule has 2 N–H and O–H groups in total. The van der Waals surface area contributed by atoms with Gasteiger partial charge in [0.2, 0.25) is 5.91 Å². The minimum atomic E-state index is -0.231. The molecule has 2 rings (SSSR count). The lowest BCUT2D eigenvalue weighted by Crippen LogP contribution is -2.15. The number of fused-ring (bicyclic) bond motifs is 1. The second-order valence-electron chi connectivity index (χ2n) is 6.15. The third-order valence-corrected chi connectivity index (χ3v) is 4.42. The van der Waals surface area contributed by atoms with Crippen LogP contribution in [0.15, 0.2) is 36.4 Å². The second kappa shape index (κ2) is 8.56. The van der Waals surface area contributed by atoms with E-state index in [1.165, 1.54) is 30.2 Å². The molecule has 1 amide bonds. The standard InChI is InChI=1S/C20H27NO2/c1-3-4-5-6-8-16(13-20(21)22)18-10-7-9-15-11-12-17(23-2)14-19(15)18/h7,9-12,14,16H,3-6,8,13H2,1-2H3,(H2,21,22). The van der Waals surface area contributed by atoms with Crippen molar-refractivity contribution in [3.63, 3.8) is 0 Å². The van der Waals surface area contributed by atoms with Gasteiger partial charge in [0.25, 0.3) is 0 Å². The molecule has 23 heavy (non-hydrogen) atoms. The van der Waals surface area contributed by atoms with Gasteiger partial charge in [-0.3, -0.25) is 4.79 Å². The summed E-state index contributed by atoms with van der Waals surface area (Å²) in [6.45, 7) is 2.21. The number of ether oxygens (including phenoxy) is 1. The zero-order valence-corrected chi connectivity index (χ0v) is 14.2. The first kappa shape index (κ1) is 17.3. The molecule has 3 nitrogen and oxygen atoms in total. The molecule has 124 valence electrons. The highest BCUT2D eigenvalue weighted by atomic mass is 16.5. The van der Waals surface area contributed by atoms with Crippen LogP contribution < -0.4 is 10.5 Å². The normalized spacial score (nSPS) is 12.3. The van der Waals surface area contributed by atoms with Crippen LogP contribution in [-0.2, 0) is 4.79 Å². The molecule has 0 radical (unpaired) electrons. The number of unbranched alkanes of at least 4 members (excludes halogenated alkanes) is 3. The Hall–Kier alpha value is -2.03. The molecule has 0 saturated carbocycles. The van der Waals surface area contributed by atoms with Crippen LogP contribution in [0.2, 0.25) is 0 Å². The highest BCUT2D eigenvalue weighted by Crippen LogP contribution is 2.33. The zero-order chi connectivity index (χ0) is 16.7. The highest BCUT2D eigenvalue weighted by molar-refractivity contribution is 5.88. The van der Waals surface area contributed by atoms with Gasteiger partial charge in [0.05, 0.1) is 7.11 Å². The first-order chi connectivity index (χ1) is 11.2. The summed E-state index contributed by atoms with van der Waals surface area (Å²) in [6.07, 6.45) is 6.20. The highest BCUT2D eigenvalue weighted by Gasteiger charge is 2.17. The van der Waals surface area contributed by atoms with Gasteiger partial charge in [-0.2, -0.15) is 0 Å². The van der Waals surface area contributed by atoms with Gasteiger partial charge in [0.15, 0.2) is 0 Å². The van der Waals surface area contributed by atoms with E-state index in [4.69, 9.17) is 10.5 Å². The van der Waals surface area contributed by atoms with E-state index < -0.39 is 0 Å². The molecule has 0 aliphatic rings. The van der Waals surface area contributed by atoms with Crippen molar-refractivity contribution < 1.29 is 9.53 Å². The van der Waals surface area contributed by atoms with Gasteiger partial charge in [0, 0.05) is 6.42 Å². The summed E-state index contributed by atoms with van der Waals surface area (Å²) < 4.78 is 5.36. The van der Waals surface area contributed by atoms with Gasteiger partial charge < -0.3 is 10.5 Å². The number of nitrogens with two attached hydrogens (primary N) is 1. The Kier molecular flexibility index (Phi) is 6.45. The Morgan fingerprint density at radius 1 is 1.17 bits per heavy atom. The maximum absolute atomic E-state index is 11.5. The van der Waals surface area contributed by atoms with E-state index in [1.54, 1.807) is 7.11 Å². The van der Waals surface area contributed by atoms with E-state index >= 15 is 0 Å². The molecule has 0 aliphatic carbocycles. The van der Waals surface area contributed by atoms with Gasteiger partial charge in [-0.25, -0.2) is 0 Å². The predicted octanol–water partition coefficient (Wildman–Crippen LogP) is 4.78. The van der Waals surface area contributed by atoms with Gasteiger partial charge in [-0.05, 0) is 40.8 Å². The van der Waals surface area contributed by atoms with Crippen LogP contribution in [0.4, 0.5) is 0 Å². The molecule has 2 aromatic rings. The van der Waals surface area contributed by atoms with Gasteiger partial charge >= 0.3 is 0 Å². The zero-order valence-electron chi connectivity index (χ0n) is 14.2. The Morgan fingerprint density at radius 2 is 2.00 bits per heavy atom. The topological polar surface area (TPSA) is 52.3 Å². The van der Waals surface area contributed by atoms with Crippen molar-refractivity contribution in [1.29, 1.82) is 0 Å². The fourth-order valence-corrected chi connectivity index (χ4v) is 3.19. The molecule has 0 saturated heterocycles. The van der Waals surface area contributed by atoms with Crippen molar-refractivity contribution in [3.8, 4) is 5.75 Å². The Morgan fingerprint density at radius 3 is 2.70 bits per heavy atom. The maximum Gasteiger partial charge on any atom is 0.218 e. The average Bonchev–Trinajstić information content (AvgIpc) is 2.56. The predicted molar refractivity (Wildman–Crippen MR) is 95.8 cm³/mol. The van der Waals surface area contributed by atoms with Crippen LogP contribution in [0.3, 0.4) is 0 Å². The van der Waals surface area contributed by atoms with Crippen LogP contribution in [0.5, 0.6) is 5.75 Å². The molecule has 0 aromatic heterocycles. The van der Waals surface area contributed by atoms with E-state index in [0.29, 0.717) is 6.42 Å². The molecule has 3 heteroatoms. The van der Waals surface area contributed by atoms with Crippen LogP contribution in [0.1, 0.15) is 56.9 Å². The van der Waals surface area contributed by atoms with E-state index in [-0.39, 0.29) is 11.8 Å². The third kappa shape index (κ3) is 4.72. The smallest absolute Gasteiger partial charge is 0.218 e. The molecule has 0 aliphatic heterocycles. The lowest BCUT2D eigenvalue weighted by Gasteiger charge is -2.18. The number of primary amides is 1. The van der Waals surface area contributed by atoms with Crippen LogP contribution >= 0.6 is 0 Å². The first-order valence-corrected chi connectivity index (χ1v) is 8.50. The van der Waals surface area contributed by atoms with Gasteiger partial charge in [-0.15, -0.1) is 0 Å². The summed E-state index contributed by atoms with van der Waals surface area (Å²) in [4.78, 5) is 11.5. The van der Waals surface area contributed by atoms with Crippen LogP contribution in [-0.4, -0.2) is 13.0 Å². The molecule has 2 aromatic carbocycles. The number of carbonyl (C=O) groups is 1. The van der Waals surface area contributed by atoms with Crippen molar-refractivity contribution in [2.45, 2.75) is 51.4 Å². The first-order valence-electron chi connectivity index (χ1n) is 8.50. The lowest BCUT2D eigenvalue weighted by atomic mass is 9.86. The molecule has 1 atom stereocenters. The van der Waals surface area contributed by atoms with E-state index in [1.807, 2.05) is 6.07 Å². The lowest BCUT2D eigenvalue weighted by molar-refractivity contribution is -0.118. The monoisotopic (exact) mass is 313 g/mol. The molecule has 0 fully saturated rings. The third-order valence-electron chi connectivity index (χ3n) is 4.42. The van der Waals surface area contributed by atoms with Crippen molar-refractivity contribution in [3.05, 3.63) is 42.0 Å². The summed E-state index contributed by atoms with van der Waals surface area (Å²) in [7, 11) is 1.68. The summed E-state index contributed by atoms with van der Waals surface area (Å²) in [5.41, 5.74) is 6.70. The number of rotatable bonds is 9. The summed E-state index contributed by atoms with van der Waals surface area (Å²) in [5.74, 6) is 0.791. The Labute approximate surface area is 138 Å². The van der Waals surface area contributed by atoms with E-state index in [2.05, 4.69) is 37.3 Å². The Bertz CT molecular complexity index is 651. The fourth-order valence-electron chi connectivity index (χ4n) is 3.19. The summed E-state index contributed by atoms with van der Waals surface area (Å²) in [5, 5.41) is 2.33. The number of benzene rings is 2. The fraction of sp³-hybridized carbons (Fsp3) is 0.450. The molecule has 0 heterocycles. The van der Waals surface area contributed by atoms with Crippen molar-refractivity contribution >= 4 is 16.7 Å². The average molecular weight is 313 g/mol. The molecule has 0 spiro atoms. The molecule has 0 bridgehead atoms. The largest absolute Gasteiger partial charge is 0.497 e. The number of hydrogen-bond donors (Lipinski definition) is 1. The minimum Gasteiger partial charge on any atom is -0.497 e. The quantitative estimate of drug-likeness (QED) is 0.677. The van der Waals surface area contributed by atoms with Gasteiger partial charge in [0.1, 0.15) is 5.75 Å². The number of methoxy groups -OCH3 is 1. The van der Waals surface area contributed by atoms with Crippen molar-refractivity contribution in [2.75, 3.05) is 7.11 Å². The molecule has 1 unspecified atom stereocenters. The van der Waals surface area contributed by atoms with Crippen LogP contribution in [0.25, 0.3) is 10.8 Å². The van der Waals surface area contributed by atoms with Crippen LogP contribution in [0, 0.1) is 0 Å². The SMILES string of the molecule is CCCCCCC(CC(N)=O)c1cccc2ccc(OC)cc12. The van der Waals surface area contributed by atoms with Gasteiger partial charge in [-0.1, -0.05) is 56.9 Å². The summed E-state index contributed by atoms with van der Waals surface area (Å²) >= 11 is 0. The Balaban J connectivity index is 2.32. The summed E-state index contributed by atoms with van der Waals surface area (Å²) in [6, 6.07) is 12.4. The second-order valence-corrected chi connectivity index (χ2v) is 6.15.